The van der Waals surface area contributed by atoms with Gasteiger partial charge in [0.05, 0.1) is 0 Å². The molecule has 0 aromatic carbocycles. The van der Waals surface area contributed by atoms with E-state index >= 15 is 0 Å². The summed E-state index contributed by atoms with van der Waals surface area (Å²) >= 11 is 0. The van der Waals surface area contributed by atoms with Crippen molar-refractivity contribution in [2.24, 2.45) is 0 Å². The normalized spacial score (nSPS) is 11.2. The molecule has 0 atom stereocenters. The van der Waals surface area contributed by atoms with Gasteiger partial charge in [-0.2, -0.15) is 16.8 Å². The minimum Gasteiger partial charge on any atom is -1.00 e. The molecule has 0 unspecified atom stereocenters. The molecule has 0 heterocycles. The summed E-state index contributed by atoms with van der Waals surface area (Å²) < 4.78 is 66.1. The number of hydrogen-bond acceptors (Lipinski definition) is 6. The molecule has 0 radical (unpaired) electrons. The van der Waals surface area contributed by atoms with Gasteiger partial charge >= 0.3 is 79.4 Å². The summed E-state index contributed by atoms with van der Waals surface area (Å²) in [5, 5.41) is -1.91. The monoisotopic (exact) mass is 260 g/mol. The molecule has 13 heavy (non-hydrogen) atoms. The summed E-state index contributed by atoms with van der Waals surface area (Å²) in [6.45, 7) is 0. The fourth-order valence-corrected chi connectivity index (χ4v) is 1.92. The van der Waals surface area contributed by atoms with Gasteiger partial charge in [-0.05, 0) is 9.05 Å². The maximum atomic E-state index is 10.9. The van der Waals surface area contributed by atoms with E-state index < -0.39 is 25.3 Å². The van der Waals surface area contributed by atoms with Gasteiger partial charge in [0.15, 0.2) is 0 Å². The molecule has 0 amide bonds. The summed E-state index contributed by atoms with van der Waals surface area (Å²) in [6.07, 6.45) is 0. The van der Waals surface area contributed by atoms with E-state index in [2.05, 4.69) is 8.78 Å². The van der Waals surface area contributed by atoms with E-state index in [0.29, 0.717) is 0 Å². The average Bonchev–Trinajstić information content (AvgIpc) is 1.86. The van der Waals surface area contributed by atoms with Gasteiger partial charge in [-0.3, -0.25) is 0 Å². The zero-order valence-corrected chi connectivity index (χ0v) is 12.4. The van der Waals surface area contributed by atoms with Crippen LogP contribution in [0.5, 0.6) is 0 Å². The van der Waals surface area contributed by atoms with Crippen molar-refractivity contribution in [3.05, 3.63) is 0 Å². The topological polar surface area (TPSA) is 86.7 Å². The number of halogens is 2. The smallest absolute Gasteiger partial charge is 1.00 e. The molecule has 0 fully saturated rings. The molecule has 0 bridgehead atoms. The zero-order chi connectivity index (χ0) is 9.12. The summed E-state index contributed by atoms with van der Waals surface area (Å²) in [4.78, 5) is 0. The fourth-order valence-electron chi connectivity index (χ4n) is 0.213. The van der Waals surface area contributed by atoms with Gasteiger partial charge in [-0.25, -0.2) is 0 Å². The van der Waals surface area contributed by atoms with Crippen molar-refractivity contribution in [3.8, 4) is 0 Å². The molecule has 0 saturated carbocycles. The van der Waals surface area contributed by atoms with Gasteiger partial charge in [0.25, 0.3) is 0 Å². The molecule has 0 spiro atoms. The van der Waals surface area contributed by atoms with Crippen LogP contribution in [0.4, 0.5) is 9.05 Å². The standard InChI is InChI=1S/CH2F2O6S2.2Na.2H/c2-8-10(4,5)1-11(6,7)9-3;;;;/h1H2;;;;/q;2*+1;2*-1. The van der Waals surface area contributed by atoms with Crippen LogP contribution < -0.4 is 59.1 Å². The molecule has 0 aromatic rings. The summed E-state index contributed by atoms with van der Waals surface area (Å²) in [5.74, 6) is 0. The van der Waals surface area contributed by atoms with Gasteiger partial charge in [-0.15, -0.1) is 0 Å². The molecule has 72 valence electrons. The second kappa shape index (κ2) is 7.91. The van der Waals surface area contributed by atoms with E-state index in [9.17, 15) is 25.9 Å². The van der Waals surface area contributed by atoms with Gasteiger partial charge in [0, 0.05) is 0 Å². The van der Waals surface area contributed by atoms with E-state index in [0.717, 1.165) is 0 Å². The van der Waals surface area contributed by atoms with Crippen molar-refractivity contribution >= 4 is 20.2 Å². The maximum Gasteiger partial charge on any atom is 1.00 e. The Morgan fingerprint density at radius 3 is 1.31 bits per heavy atom. The first kappa shape index (κ1) is 20.1. The maximum absolute atomic E-state index is 10.9. The van der Waals surface area contributed by atoms with Crippen molar-refractivity contribution in [2.75, 3.05) is 5.08 Å². The Hall–Kier alpha value is 1.68. The Labute approximate surface area is 121 Å². The van der Waals surface area contributed by atoms with Gasteiger partial charge < -0.3 is 2.85 Å². The van der Waals surface area contributed by atoms with Crippen molar-refractivity contribution in [1.82, 2.24) is 0 Å². The third kappa shape index (κ3) is 9.97. The molecule has 0 aliphatic rings. The quantitative estimate of drug-likeness (QED) is 0.467. The van der Waals surface area contributed by atoms with Crippen LogP contribution in [0.25, 0.3) is 0 Å². The Morgan fingerprint density at radius 1 is 0.923 bits per heavy atom. The van der Waals surface area contributed by atoms with Crippen molar-refractivity contribution in [2.45, 2.75) is 0 Å². The third-order valence-corrected chi connectivity index (χ3v) is 3.17. The number of rotatable bonds is 4. The summed E-state index contributed by atoms with van der Waals surface area (Å²) in [6, 6.07) is 0. The van der Waals surface area contributed by atoms with Gasteiger partial charge in [-0.1, -0.05) is 8.78 Å². The second-order valence-electron chi connectivity index (χ2n) is 1.36. The Morgan fingerprint density at radius 2 is 1.15 bits per heavy atom. The van der Waals surface area contributed by atoms with E-state index in [-0.39, 0.29) is 62.0 Å². The predicted octanol–water partition coefficient (Wildman–Crippen LogP) is -6.36. The van der Waals surface area contributed by atoms with Crippen molar-refractivity contribution in [1.29, 1.82) is 0 Å². The SMILES string of the molecule is O=S(=O)(CS(=O)(=O)OF)OF.[H-].[H-].[Na+].[Na+]. The molecule has 12 heteroatoms. The van der Waals surface area contributed by atoms with Crippen molar-refractivity contribution in [3.63, 3.8) is 0 Å². The second-order valence-corrected chi connectivity index (χ2v) is 4.78. The van der Waals surface area contributed by atoms with E-state index in [1.54, 1.807) is 0 Å². The molecule has 0 aliphatic carbocycles. The van der Waals surface area contributed by atoms with E-state index in [1.807, 2.05) is 0 Å². The van der Waals surface area contributed by atoms with E-state index in [1.165, 1.54) is 0 Å². The molecule has 0 N–H and O–H groups in total. The van der Waals surface area contributed by atoms with Crippen LogP contribution >= 0.6 is 0 Å². The Balaban J connectivity index is -0.0000000833. The molecular formula is CH4F2Na2O6S2. The molecule has 0 aliphatic heterocycles. The summed E-state index contributed by atoms with van der Waals surface area (Å²) in [5.41, 5.74) is 0. The summed E-state index contributed by atoms with van der Waals surface area (Å²) in [7, 11) is -9.82. The molecule has 0 rings (SSSR count). The first-order chi connectivity index (χ1) is 4.83. The van der Waals surface area contributed by atoms with Crippen LogP contribution in [0.3, 0.4) is 0 Å². The first-order valence-electron chi connectivity index (χ1n) is 1.89. The minimum absolute atomic E-state index is 0. The Bertz CT molecular complexity index is 284. The van der Waals surface area contributed by atoms with Crippen LogP contribution in [0.15, 0.2) is 0 Å². The van der Waals surface area contributed by atoms with Crippen LogP contribution in [-0.2, 0) is 29.0 Å². The zero-order valence-electron chi connectivity index (χ0n) is 8.73. The number of hydrogen-bond donors (Lipinski definition) is 0. The van der Waals surface area contributed by atoms with Crippen LogP contribution in [0, 0.1) is 0 Å². The average molecular weight is 260 g/mol. The molecular weight excluding hydrogens is 256 g/mol. The van der Waals surface area contributed by atoms with Gasteiger partial charge in [0.2, 0.25) is 5.08 Å². The van der Waals surface area contributed by atoms with Crippen molar-refractivity contribution < 1.29 is 96.6 Å². The molecule has 0 aromatic heterocycles. The van der Waals surface area contributed by atoms with Crippen LogP contribution in [-0.4, -0.2) is 21.9 Å². The largest absolute Gasteiger partial charge is 1.00 e. The third-order valence-electron chi connectivity index (χ3n) is 0.481. The van der Waals surface area contributed by atoms with Crippen LogP contribution in [0.2, 0.25) is 0 Å². The van der Waals surface area contributed by atoms with E-state index in [4.69, 9.17) is 0 Å². The van der Waals surface area contributed by atoms with Gasteiger partial charge in [0.1, 0.15) is 0 Å². The Kier molecular flexibility index (Phi) is 12.2. The van der Waals surface area contributed by atoms with Crippen LogP contribution in [0.1, 0.15) is 2.85 Å². The fraction of sp³-hybridized carbons (Fsp3) is 1.00. The molecule has 6 nitrogen and oxygen atoms in total. The molecule has 0 saturated heterocycles. The predicted molar refractivity (Wildman–Crippen MR) is 29.3 cm³/mol. The first-order valence-corrected chi connectivity index (χ1v) is 5.04. The minimum atomic E-state index is -4.91.